The van der Waals surface area contributed by atoms with Crippen LogP contribution in [0.4, 0.5) is 5.13 Å². The lowest BCUT2D eigenvalue weighted by Gasteiger charge is -2.41. The van der Waals surface area contributed by atoms with Crippen LogP contribution in [0.1, 0.15) is 31.4 Å². The van der Waals surface area contributed by atoms with Crippen molar-refractivity contribution >= 4 is 26.8 Å². The van der Waals surface area contributed by atoms with Crippen LogP contribution >= 0.6 is 11.3 Å². The number of thiazole rings is 1. The topological polar surface area (TPSA) is 49.2 Å². The second-order valence-corrected chi connectivity index (χ2v) is 8.77. The number of hydrogen-bond donors (Lipinski definition) is 1. The number of anilines is 1. The van der Waals surface area contributed by atoms with Gasteiger partial charge in [-0.25, -0.2) is 9.67 Å². The van der Waals surface area contributed by atoms with Crippen molar-refractivity contribution in [2.24, 2.45) is 13.0 Å². The Balaban J connectivity index is 1.26. The molecule has 0 atom stereocenters. The van der Waals surface area contributed by atoms with Gasteiger partial charge in [0.15, 0.2) is 10.8 Å². The molecule has 2 saturated heterocycles. The van der Waals surface area contributed by atoms with Gasteiger partial charge in [0.25, 0.3) is 0 Å². The summed E-state index contributed by atoms with van der Waals surface area (Å²) in [7, 11) is 4.21. The van der Waals surface area contributed by atoms with E-state index in [9.17, 15) is 0 Å². The molecule has 4 heterocycles. The summed E-state index contributed by atoms with van der Waals surface area (Å²) in [4.78, 5) is 9.91. The standard InChI is InChI=1S/C18H30N6S/c1-13-16-17(23(3)21-13)20-18(25-16)19-12-14-4-10-24(11-5-14)15-6-8-22(2)9-7-15/h14-15H,4-12H2,1-3H3,(H,19,20). The molecule has 7 heteroatoms. The maximum atomic E-state index is 4.71. The van der Waals surface area contributed by atoms with Crippen molar-refractivity contribution in [3.05, 3.63) is 5.69 Å². The molecule has 0 radical (unpaired) electrons. The first-order chi connectivity index (χ1) is 12.1. The molecular formula is C18H30N6S. The molecule has 0 aromatic carbocycles. The summed E-state index contributed by atoms with van der Waals surface area (Å²) in [6.45, 7) is 8.17. The number of hydrogen-bond acceptors (Lipinski definition) is 6. The van der Waals surface area contributed by atoms with Gasteiger partial charge in [-0.3, -0.25) is 0 Å². The molecule has 2 aliphatic rings. The van der Waals surface area contributed by atoms with Crippen LogP contribution in [0.2, 0.25) is 0 Å². The Hall–Kier alpha value is -1.18. The van der Waals surface area contributed by atoms with Gasteiger partial charge in [-0.05, 0) is 71.8 Å². The van der Waals surface area contributed by atoms with E-state index < -0.39 is 0 Å². The predicted molar refractivity (Wildman–Crippen MR) is 104 cm³/mol. The summed E-state index contributed by atoms with van der Waals surface area (Å²) in [6, 6.07) is 0.824. The fourth-order valence-corrected chi connectivity index (χ4v) is 5.21. The van der Waals surface area contributed by atoms with E-state index in [0.29, 0.717) is 0 Å². The highest BCUT2D eigenvalue weighted by Gasteiger charge is 2.27. The molecule has 2 aliphatic heterocycles. The van der Waals surface area contributed by atoms with Gasteiger partial charge in [-0.1, -0.05) is 11.3 Å². The first-order valence-electron chi connectivity index (χ1n) is 9.57. The lowest BCUT2D eigenvalue weighted by molar-refractivity contribution is 0.0877. The zero-order valence-corrected chi connectivity index (χ0v) is 16.5. The minimum Gasteiger partial charge on any atom is -0.361 e. The Morgan fingerprint density at radius 2 is 1.80 bits per heavy atom. The second-order valence-electron chi connectivity index (χ2n) is 7.78. The van der Waals surface area contributed by atoms with E-state index in [0.717, 1.165) is 35.0 Å². The largest absolute Gasteiger partial charge is 0.361 e. The Labute approximate surface area is 154 Å². The van der Waals surface area contributed by atoms with Gasteiger partial charge in [0.1, 0.15) is 0 Å². The fraction of sp³-hybridized carbons (Fsp3) is 0.778. The molecule has 0 amide bonds. The zero-order valence-electron chi connectivity index (χ0n) is 15.7. The van der Waals surface area contributed by atoms with Crippen molar-refractivity contribution in [1.82, 2.24) is 24.6 Å². The molecule has 2 aromatic heterocycles. The van der Waals surface area contributed by atoms with Gasteiger partial charge in [0.05, 0.1) is 10.4 Å². The van der Waals surface area contributed by atoms with Gasteiger partial charge in [0, 0.05) is 19.6 Å². The fourth-order valence-electron chi connectivity index (χ4n) is 4.27. The number of likely N-dealkylation sites (tertiary alicyclic amines) is 2. The average Bonchev–Trinajstić information content (AvgIpc) is 3.16. The monoisotopic (exact) mass is 362 g/mol. The van der Waals surface area contributed by atoms with E-state index in [4.69, 9.17) is 4.98 Å². The lowest BCUT2D eigenvalue weighted by atomic mass is 9.93. The van der Waals surface area contributed by atoms with Crippen LogP contribution in [-0.4, -0.2) is 70.4 Å². The number of nitrogens with one attached hydrogen (secondary N) is 1. The van der Waals surface area contributed by atoms with E-state index in [-0.39, 0.29) is 0 Å². The first kappa shape index (κ1) is 17.2. The lowest BCUT2D eigenvalue weighted by Crippen LogP contribution is -2.47. The van der Waals surface area contributed by atoms with Crippen LogP contribution in [0.5, 0.6) is 0 Å². The molecule has 0 bridgehead atoms. The summed E-state index contributed by atoms with van der Waals surface area (Å²) in [5.74, 6) is 0.772. The molecule has 2 aromatic rings. The van der Waals surface area contributed by atoms with Gasteiger partial charge >= 0.3 is 0 Å². The summed E-state index contributed by atoms with van der Waals surface area (Å²) in [5.41, 5.74) is 2.08. The highest BCUT2D eigenvalue weighted by Crippen LogP contribution is 2.29. The highest BCUT2D eigenvalue weighted by molar-refractivity contribution is 7.22. The molecule has 138 valence electrons. The van der Waals surface area contributed by atoms with Gasteiger partial charge in [0.2, 0.25) is 0 Å². The van der Waals surface area contributed by atoms with E-state index in [2.05, 4.69) is 34.2 Å². The smallest absolute Gasteiger partial charge is 0.185 e. The van der Waals surface area contributed by atoms with Crippen molar-refractivity contribution in [3.8, 4) is 0 Å². The predicted octanol–water partition coefficient (Wildman–Crippen LogP) is 2.56. The van der Waals surface area contributed by atoms with Crippen molar-refractivity contribution in [2.75, 3.05) is 45.1 Å². The molecule has 25 heavy (non-hydrogen) atoms. The quantitative estimate of drug-likeness (QED) is 0.906. The average molecular weight is 363 g/mol. The van der Waals surface area contributed by atoms with E-state index >= 15 is 0 Å². The summed E-state index contributed by atoms with van der Waals surface area (Å²) >= 11 is 1.74. The first-order valence-corrected chi connectivity index (χ1v) is 10.4. The number of fused-ring (bicyclic) bond motifs is 1. The van der Waals surface area contributed by atoms with E-state index in [1.165, 1.54) is 56.6 Å². The zero-order chi connectivity index (χ0) is 17.4. The highest BCUT2D eigenvalue weighted by atomic mass is 32.1. The third-order valence-corrected chi connectivity index (χ3v) is 7.05. The Morgan fingerprint density at radius 3 is 2.48 bits per heavy atom. The van der Waals surface area contributed by atoms with Crippen molar-refractivity contribution in [2.45, 2.75) is 38.6 Å². The van der Waals surface area contributed by atoms with Gasteiger partial charge < -0.3 is 15.1 Å². The van der Waals surface area contributed by atoms with Crippen LogP contribution in [0.3, 0.4) is 0 Å². The Morgan fingerprint density at radius 1 is 1.08 bits per heavy atom. The second kappa shape index (κ2) is 7.21. The molecule has 6 nitrogen and oxygen atoms in total. The van der Waals surface area contributed by atoms with Crippen LogP contribution in [0.15, 0.2) is 0 Å². The molecule has 4 rings (SSSR count). The maximum Gasteiger partial charge on any atom is 0.185 e. The Kier molecular flexibility index (Phi) is 4.97. The molecule has 0 saturated carbocycles. The van der Waals surface area contributed by atoms with Crippen LogP contribution < -0.4 is 5.32 Å². The number of aryl methyl sites for hydroxylation is 2. The third-order valence-electron chi connectivity index (χ3n) is 5.94. The summed E-state index contributed by atoms with van der Waals surface area (Å²) < 4.78 is 3.09. The molecule has 0 aliphatic carbocycles. The van der Waals surface area contributed by atoms with Gasteiger partial charge in [-0.2, -0.15) is 5.10 Å². The summed E-state index contributed by atoms with van der Waals surface area (Å²) in [6.07, 6.45) is 5.31. The molecule has 0 unspecified atom stereocenters. The SMILES string of the molecule is Cc1nn(C)c2nc(NCC3CCN(C4CCN(C)CC4)CC3)sc12. The van der Waals surface area contributed by atoms with E-state index in [1.807, 2.05) is 11.7 Å². The van der Waals surface area contributed by atoms with Crippen molar-refractivity contribution in [1.29, 1.82) is 0 Å². The minimum atomic E-state index is 0.772. The van der Waals surface area contributed by atoms with Crippen LogP contribution in [-0.2, 0) is 7.05 Å². The molecule has 2 fully saturated rings. The van der Waals surface area contributed by atoms with Crippen LogP contribution in [0.25, 0.3) is 10.3 Å². The molecule has 0 spiro atoms. The molecule has 1 N–H and O–H groups in total. The van der Waals surface area contributed by atoms with Crippen molar-refractivity contribution in [3.63, 3.8) is 0 Å². The number of nitrogens with zero attached hydrogens (tertiary/aromatic N) is 5. The number of aromatic nitrogens is 3. The Bertz CT molecular complexity index is 672. The third kappa shape index (κ3) is 3.68. The number of rotatable bonds is 4. The van der Waals surface area contributed by atoms with Gasteiger partial charge in [-0.15, -0.1) is 0 Å². The minimum absolute atomic E-state index is 0.772. The van der Waals surface area contributed by atoms with Crippen LogP contribution in [0, 0.1) is 12.8 Å². The summed E-state index contributed by atoms with van der Waals surface area (Å²) in [5, 5.41) is 9.06. The molecular weight excluding hydrogens is 332 g/mol. The normalized spacial score (nSPS) is 22.0. The maximum absolute atomic E-state index is 4.71. The van der Waals surface area contributed by atoms with Crippen molar-refractivity contribution < 1.29 is 0 Å². The number of piperidine rings is 2. The van der Waals surface area contributed by atoms with E-state index in [1.54, 1.807) is 11.3 Å².